The van der Waals surface area contributed by atoms with Crippen molar-refractivity contribution in [1.82, 2.24) is 0 Å². The first-order valence-electron chi connectivity index (χ1n) is 7.14. The summed E-state index contributed by atoms with van der Waals surface area (Å²) in [5.41, 5.74) is 4.03. The van der Waals surface area contributed by atoms with E-state index in [1.165, 1.54) is 29.5 Å². The van der Waals surface area contributed by atoms with Gasteiger partial charge in [0.05, 0.1) is 0 Å². The monoisotopic (exact) mass is 250 g/mol. The highest BCUT2D eigenvalue weighted by molar-refractivity contribution is 5.79. The van der Waals surface area contributed by atoms with Gasteiger partial charge in [0.25, 0.3) is 0 Å². The summed E-state index contributed by atoms with van der Waals surface area (Å²) < 4.78 is 0. The lowest BCUT2D eigenvalue weighted by molar-refractivity contribution is 0.610. The van der Waals surface area contributed by atoms with Gasteiger partial charge in [0, 0.05) is 11.8 Å². The molecule has 0 saturated carbocycles. The molecular weight excluding hydrogens is 228 g/mol. The molecule has 0 radical (unpaired) electrons. The Labute approximate surface area is 117 Å². The second-order valence-corrected chi connectivity index (χ2v) is 5.48. The largest absolute Gasteiger partial charge is 0.120 e. The Kier molecular flexibility index (Phi) is 4.27. The van der Waals surface area contributed by atoms with Crippen LogP contribution in [-0.2, 0) is 5.41 Å². The molecule has 0 aliphatic heterocycles. The van der Waals surface area contributed by atoms with Crippen molar-refractivity contribution in [3.8, 4) is 12.3 Å². The second-order valence-electron chi connectivity index (χ2n) is 5.48. The highest BCUT2D eigenvalue weighted by Crippen LogP contribution is 2.39. The van der Waals surface area contributed by atoms with Gasteiger partial charge in [-0.3, -0.25) is 0 Å². The van der Waals surface area contributed by atoms with Crippen LogP contribution in [-0.4, -0.2) is 0 Å². The molecule has 1 aromatic carbocycles. The van der Waals surface area contributed by atoms with Crippen LogP contribution < -0.4 is 0 Å². The molecule has 19 heavy (non-hydrogen) atoms. The van der Waals surface area contributed by atoms with Crippen LogP contribution in [0.25, 0.3) is 5.57 Å². The standard InChI is InChI=1S/C19H22/c1-4-6-7-10-16-13-15-19(3,14-5-2)18-12-9-8-11-17(16)18/h2,8-13,15H,4,6-7,14H2,1,3H3/b16-10+. The van der Waals surface area contributed by atoms with Crippen molar-refractivity contribution in [1.29, 1.82) is 0 Å². The van der Waals surface area contributed by atoms with E-state index >= 15 is 0 Å². The van der Waals surface area contributed by atoms with E-state index in [1.54, 1.807) is 0 Å². The Hall–Kier alpha value is -1.74. The number of hydrogen-bond donors (Lipinski definition) is 0. The average molecular weight is 250 g/mol. The lowest BCUT2D eigenvalue weighted by atomic mass is 9.72. The number of unbranched alkanes of at least 4 members (excludes halogenated alkanes) is 2. The van der Waals surface area contributed by atoms with Crippen molar-refractivity contribution in [2.75, 3.05) is 0 Å². The Morgan fingerprint density at radius 2 is 2.11 bits per heavy atom. The third kappa shape index (κ3) is 2.82. The second kappa shape index (κ2) is 5.93. The zero-order valence-corrected chi connectivity index (χ0v) is 11.9. The molecule has 0 N–H and O–H groups in total. The summed E-state index contributed by atoms with van der Waals surface area (Å²) >= 11 is 0. The number of terminal acetylenes is 1. The van der Waals surface area contributed by atoms with Gasteiger partial charge in [-0.15, -0.1) is 12.3 Å². The van der Waals surface area contributed by atoms with Crippen LogP contribution in [0.5, 0.6) is 0 Å². The van der Waals surface area contributed by atoms with E-state index in [4.69, 9.17) is 6.42 Å². The van der Waals surface area contributed by atoms with Crippen LogP contribution in [0.4, 0.5) is 0 Å². The first-order valence-corrected chi connectivity index (χ1v) is 7.14. The zero-order chi connectivity index (χ0) is 13.7. The molecule has 0 heterocycles. The Morgan fingerprint density at radius 1 is 1.32 bits per heavy atom. The molecule has 0 saturated heterocycles. The third-order valence-electron chi connectivity index (χ3n) is 3.88. The molecule has 0 fully saturated rings. The normalized spacial score (nSPS) is 23.1. The van der Waals surface area contributed by atoms with Crippen LogP contribution in [0.1, 0.15) is 50.7 Å². The summed E-state index contributed by atoms with van der Waals surface area (Å²) in [6.45, 7) is 4.46. The predicted octanol–water partition coefficient (Wildman–Crippen LogP) is 5.11. The van der Waals surface area contributed by atoms with Gasteiger partial charge in [-0.1, -0.05) is 69.2 Å². The summed E-state index contributed by atoms with van der Waals surface area (Å²) in [7, 11) is 0. The maximum absolute atomic E-state index is 5.54. The first kappa shape index (κ1) is 13.7. The SMILES string of the molecule is C#CCC1(C)C=C/C(=C\CCCC)c2ccccc21. The van der Waals surface area contributed by atoms with Gasteiger partial charge in [-0.2, -0.15) is 0 Å². The molecule has 0 amide bonds. The van der Waals surface area contributed by atoms with Gasteiger partial charge in [-0.25, -0.2) is 0 Å². The van der Waals surface area contributed by atoms with Gasteiger partial charge in [0.2, 0.25) is 0 Å². The summed E-state index contributed by atoms with van der Waals surface area (Å²) in [4.78, 5) is 0. The summed E-state index contributed by atoms with van der Waals surface area (Å²) in [5.74, 6) is 2.82. The molecule has 2 rings (SSSR count). The predicted molar refractivity (Wildman–Crippen MR) is 83.9 cm³/mol. The molecular formula is C19H22. The van der Waals surface area contributed by atoms with E-state index < -0.39 is 0 Å². The van der Waals surface area contributed by atoms with Crippen LogP contribution in [0, 0.1) is 12.3 Å². The fourth-order valence-electron chi connectivity index (χ4n) is 2.69. The number of allylic oxidation sites excluding steroid dienone is 4. The Balaban J connectivity index is 2.40. The van der Waals surface area contributed by atoms with E-state index in [0.29, 0.717) is 0 Å². The van der Waals surface area contributed by atoms with E-state index in [2.05, 4.69) is 62.3 Å². The summed E-state index contributed by atoms with van der Waals surface area (Å²) in [6.07, 6.45) is 16.8. The highest BCUT2D eigenvalue weighted by atomic mass is 14.3. The maximum atomic E-state index is 5.54. The number of fused-ring (bicyclic) bond motifs is 1. The maximum Gasteiger partial charge on any atom is 0.0222 e. The van der Waals surface area contributed by atoms with Gasteiger partial charge in [0.1, 0.15) is 0 Å². The number of benzene rings is 1. The first-order chi connectivity index (χ1) is 9.21. The quantitative estimate of drug-likeness (QED) is 0.514. The Morgan fingerprint density at radius 3 is 2.84 bits per heavy atom. The molecule has 1 aliphatic rings. The molecule has 1 aromatic rings. The number of hydrogen-bond acceptors (Lipinski definition) is 0. The molecule has 0 nitrogen and oxygen atoms in total. The molecule has 1 aliphatic carbocycles. The van der Waals surface area contributed by atoms with Crippen LogP contribution in [0.3, 0.4) is 0 Å². The summed E-state index contributed by atoms with van der Waals surface area (Å²) in [5, 5.41) is 0. The van der Waals surface area contributed by atoms with Crippen molar-refractivity contribution in [2.45, 2.75) is 44.9 Å². The molecule has 0 heteroatoms. The average Bonchev–Trinajstić information content (AvgIpc) is 2.42. The van der Waals surface area contributed by atoms with E-state index in [1.807, 2.05) is 0 Å². The highest BCUT2D eigenvalue weighted by Gasteiger charge is 2.28. The smallest absolute Gasteiger partial charge is 0.0222 e. The molecule has 1 unspecified atom stereocenters. The minimum absolute atomic E-state index is 0.0204. The number of rotatable bonds is 4. The third-order valence-corrected chi connectivity index (χ3v) is 3.88. The summed E-state index contributed by atoms with van der Waals surface area (Å²) in [6, 6.07) is 8.65. The molecule has 0 aromatic heterocycles. The zero-order valence-electron chi connectivity index (χ0n) is 11.9. The van der Waals surface area contributed by atoms with Crippen molar-refractivity contribution < 1.29 is 0 Å². The van der Waals surface area contributed by atoms with E-state index in [-0.39, 0.29) is 5.41 Å². The topological polar surface area (TPSA) is 0 Å². The van der Waals surface area contributed by atoms with Gasteiger partial charge in [-0.05, 0) is 23.1 Å². The molecule has 0 spiro atoms. The van der Waals surface area contributed by atoms with Crippen molar-refractivity contribution in [3.05, 3.63) is 53.6 Å². The van der Waals surface area contributed by atoms with Crippen molar-refractivity contribution >= 4 is 5.57 Å². The van der Waals surface area contributed by atoms with E-state index in [9.17, 15) is 0 Å². The molecule has 1 atom stereocenters. The van der Waals surface area contributed by atoms with Crippen LogP contribution in [0.15, 0.2) is 42.5 Å². The lowest BCUT2D eigenvalue weighted by Crippen LogP contribution is -2.22. The minimum atomic E-state index is -0.0204. The van der Waals surface area contributed by atoms with Crippen LogP contribution in [0.2, 0.25) is 0 Å². The Bertz CT molecular complexity index is 539. The van der Waals surface area contributed by atoms with Gasteiger partial charge in [0.15, 0.2) is 0 Å². The molecule has 0 bridgehead atoms. The van der Waals surface area contributed by atoms with E-state index in [0.717, 1.165) is 12.8 Å². The minimum Gasteiger partial charge on any atom is -0.120 e. The van der Waals surface area contributed by atoms with Gasteiger partial charge < -0.3 is 0 Å². The van der Waals surface area contributed by atoms with Crippen molar-refractivity contribution in [2.24, 2.45) is 0 Å². The molecule has 98 valence electrons. The lowest BCUT2D eigenvalue weighted by Gasteiger charge is -2.31. The fourth-order valence-corrected chi connectivity index (χ4v) is 2.69. The van der Waals surface area contributed by atoms with Gasteiger partial charge >= 0.3 is 0 Å². The fraction of sp³-hybridized carbons (Fsp3) is 0.368. The van der Waals surface area contributed by atoms with Crippen molar-refractivity contribution in [3.63, 3.8) is 0 Å². The van der Waals surface area contributed by atoms with Crippen LogP contribution >= 0.6 is 0 Å².